The number of sulfonamides is 1. The third-order valence-corrected chi connectivity index (χ3v) is 6.18. The lowest BCUT2D eigenvalue weighted by atomic mass is 10.1. The van der Waals surface area contributed by atoms with Crippen LogP contribution in [0.4, 0.5) is 4.39 Å². The van der Waals surface area contributed by atoms with Crippen molar-refractivity contribution in [1.29, 1.82) is 0 Å². The number of halogens is 1. The Balaban J connectivity index is 1.45. The fraction of sp³-hybridized carbons (Fsp3) is 0.368. The van der Waals surface area contributed by atoms with Crippen molar-refractivity contribution in [3.8, 4) is 5.75 Å². The van der Waals surface area contributed by atoms with E-state index in [4.69, 9.17) is 4.74 Å². The highest BCUT2D eigenvalue weighted by Crippen LogP contribution is 2.18. The number of aromatic nitrogens is 1. The molecule has 0 bridgehead atoms. The van der Waals surface area contributed by atoms with Gasteiger partial charge in [0, 0.05) is 31.8 Å². The molecular weight excluding hydrogens is 401 g/mol. The lowest BCUT2D eigenvalue weighted by molar-refractivity contribution is -0.139. The van der Waals surface area contributed by atoms with Crippen LogP contribution in [0.3, 0.4) is 0 Å². The number of pyridine rings is 1. The third-order valence-electron chi connectivity index (χ3n) is 4.72. The van der Waals surface area contributed by atoms with Gasteiger partial charge in [0.15, 0.2) is 0 Å². The van der Waals surface area contributed by atoms with Crippen LogP contribution in [0.1, 0.15) is 12.1 Å². The van der Waals surface area contributed by atoms with Gasteiger partial charge in [0.05, 0.1) is 18.0 Å². The van der Waals surface area contributed by atoms with Crippen LogP contribution < -0.4 is 15.0 Å². The van der Waals surface area contributed by atoms with Gasteiger partial charge < -0.3 is 14.2 Å². The highest BCUT2D eigenvalue weighted by Gasteiger charge is 2.32. The van der Waals surface area contributed by atoms with Crippen molar-refractivity contribution in [2.24, 2.45) is 7.05 Å². The van der Waals surface area contributed by atoms with Gasteiger partial charge in [-0.1, -0.05) is 6.07 Å². The van der Waals surface area contributed by atoms with Gasteiger partial charge in [0.1, 0.15) is 17.7 Å². The Bertz CT molecular complexity index is 1080. The van der Waals surface area contributed by atoms with Crippen molar-refractivity contribution in [3.63, 3.8) is 0 Å². The lowest BCUT2D eigenvalue weighted by Gasteiger charge is -2.39. The van der Waals surface area contributed by atoms with E-state index in [0.717, 1.165) is 17.8 Å². The molecule has 8 nitrogen and oxygen atoms in total. The number of benzene rings is 1. The van der Waals surface area contributed by atoms with Crippen molar-refractivity contribution >= 4 is 15.9 Å². The zero-order chi connectivity index (χ0) is 21.2. The first-order valence-electron chi connectivity index (χ1n) is 9.03. The van der Waals surface area contributed by atoms with E-state index in [2.05, 4.69) is 4.72 Å². The Morgan fingerprint density at radius 3 is 2.66 bits per heavy atom. The van der Waals surface area contributed by atoms with Gasteiger partial charge in [0.25, 0.3) is 5.56 Å². The number of aryl methyl sites for hydroxylation is 1. The number of nitrogens with one attached hydrogen (secondary N) is 1. The zero-order valence-electron chi connectivity index (χ0n) is 16.1. The molecule has 1 aromatic heterocycles. The fourth-order valence-corrected chi connectivity index (χ4v) is 3.94. The molecule has 0 aliphatic carbocycles. The van der Waals surface area contributed by atoms with Crippen molar-refractivity contribution < 1.29 is 22.3 Å². The Labute approximate surface area is 168 Å². The molecule has 156 valence electrons. The van der Waals surface area contributed by atoms with Crippen LogP contribution >= 0.6 is 0 Å². The van der Waals surface area contributed by atoms with Crippen molar-refractivity contribution in [2.75, 3.05) is 19.6 Å². The van der Waals surface area contributed by atoms with E-state index in [-0.39, 0.29) is 35.4 Å². The maximum atomic E-state index is 13.2. The van der Waals surface area contributed by atoms with Gasteiger partial charge in [0.2, 0.25) is 15.9 Å². The maximum Gasteiger partial charge on any atom is 0.254 e. The van der Waals surface area contributed by atoms with E-state index in [0.29, 0.717) is 18.8 Å². The number of nitrogens with zero attached hydrogens (tertiary/aromatic N) is 2. The van der Waals surface area contributed by atoms with Crippen LogP contribution in [0.15, 0.2) is 46.1 Å². The highest BCUT2D eigenvalue weighted by molar-refractivity contribution is 7.89. The van der Waals surface area contributed by atoms with Crippen LogP contribution in [-0.4, -0.2) is 49.5 Å². The molecule has 1 aliphatic heterocycles. The average molecular weight is 423 g/mol. The molecule has 1 amide bonds. The number of carbonyl (C=O) groups is 1. The van der Waals surface area contributed by atoms with E-state index >= 15 is 0 Å². The van der Waals surface area contributed by atoms with Crippen molar-refractivity contribution in [3.05, 3.63) is 58.3 Å². The predicted octanol–water partition coefficient (Wildman–Crippen LogP) is 0.791. The first-order valence-corrected chi connectivity index (χ1v) is 10.5. The molecule has 0 unspecified atom stereocenters. The van der Waals surface area contributed by atoms with E-state index in [9.17, 15) is 22.4 Å². The first-order chi connectivity index (χ1) is 13.7. The molecule has 1 aromatic carbocycles. The molecule has 2 aromatic rings. The SMILES string of the molecule is Cc1cc(OC2CN(C(=O)CCNS(=O)(=O)c3cccc(F)c3)C2)cc(=O)n1C. The molecule has 1 fully saturated rings. The molecule has 29 heavy (non-hydrogen) atoms. The quantitative estimate of drug-likeness (QED) is 0.710. The average Bonchev–Trinajstić information content (AvgIpc) is 2.62. The number of carbonyl (C=O) groups excluding carboxylic acids is 1. The van der Waals surface area contributed by atoms with E-state index < -0.39 is 15.8 Å². The second-order valence-corrected chi connectivity index (χ2v) is 8.64. The smallest absolute Gasteiger partial charge is 0.254 e. The molecular formula is C19H22FN3O5S. The van der Waals surface area contributed by atoms with Gasteiger partial charge in [-0.25, -0.2) is 17.5 Å². The number of hydrogen-bond donors (Lipinski definition) is 1. The minimum Gasteiger partial charge on any atom is -0.486 e. The summed E-state index contributed by atoms with van der Waals surface area (Å²) in [6.45, 7) is 2.44. The van der Waals surface area contributed by atoms with Crippen LogP contribution in [0, 0.1) is 12.7 Å². The maximum absolute atomic E-state index is 13.2. The number of rotatable bonds is 7. The van der Waals surface area contributed by atoms with Crippen LogP contribution in [-0.2, 0) is 21.9 Å². The Morgan fingerprint density at radius 1 is 1.28 bits per heavy atom. The molecule has 0 atom stereocenters. The number of ether oxygens (including phenoxy) is 1. The van der Waals surface area contributed by atoms with E-state index in [1.165, 1.54) is 22.8 Å². The molecule has 2 heterocycles. The molecule has 1 N–H and O–H groups in total. The minimum atomic E-state index is -3.87. The minimum absolute atomic E-state index is 0.0216. The second-order valence-electron chi connectivity index (χ2n) is 6.87. The van der Waals surface area contributed by atoms with Gasteiger partial charge in [-0.05, 0) is 31.2 Å². The van der Waals surface area contributed by atoms with Crippen LogP contribution in [0.25, 0.3) is 0 Å². The molecule has 0 radical (unpaired) electrons. The fourth-order valence-electron chi connectivity index (χ4n) is 2.88. The summed E-state index contributed by atoms with van der Waals surface area (Å²) < 4.78 is 46.9. The molecule has 0 saturated carbocycles. The molecule has 1 saturated heterocycles. The largest absolute Gasteiger partial charge is 0.486 e. The second kappa shape index (κ2) is 8.34. The number of amides is 1. The normalized spacial score (nSPS) is 14.5. The van der Waals surface area contributed by atoms with E-state index in [1.807, 2.05) is 0 Å². The van der Waals surface area contributed by atoms with Crippen LogP contribution in [0.5, 0.6) is 5.75 Å². The Morgan fingerprint density at radius 2 is 2.00 bits per heavy atom. The summed E-state index contributed by atoms with van der Waals surface area (Å²) in [7, 11) is -2.20. The summed E-state index contributed by atoms with van der Waals surface area (Å²) in [5.41, 5.74) is 0.600. The predicted molar refractivity (Wildman–Crippen MR) is 104 cm³/mol. The van der Waals surface area contributed by atoms with E-state index in [1.54, 1.807) is 24.9 Å². The van der Waals surface area contributed by atoms with Crippen molar-refractivity contribution in [2.45, 2.75) is 24.3 Å². The standard InChI is InChI=1S/C19H22FN3O5S/c1-13-8-15(10-19(25)22(13)2)28-16-11-23(12-16)18(24)6-7-21-29(26,27)17-5-3-4-14(20)9-17/h3-5,8-10,16,21H,6-7,11-12H2,1-2H3. The van der Waals surface area contributed by atoms with Crippen molar-refractivity contribution in [1.82, 2.24) is 14.2 Å². The lowest BCUT2D eigenvalue weighted by Crippen LogP contribution is -2.56. The van der Waals surface area contributed by atoms with Gasteiger partial charge in [-0.3, -0.25) is 9.59 Å². The summed E-state index contributed by atoms with van der Waals surface area (Å²) >= 11 is 0. The summed E-state index contributed by atoms with van der Waals surface area (Å²) in [6.07, 6.45) is -0.235. The van der Waals surface area contributed by atoms with Gasteiger partial charge >= 0.3 is 0 Å². The topological polar surface area (TPSA) is 97.7 Å². The van der Waals surface area contributed by atoms with Gasteiger partial charge in [-0.2, -0.15) is 0 Å². The van der Waals surface area contributed by atoms with Gasteiger partial charge in [-0.15, -0.1) is 0 Å². The summed E-state index contributed by atoms with van der Waals surface area (Å²) in [6, 6.07) is 7.81. The third kappa shape index (κ3) is 5.01. The molecule has 10 heteroatoms. The summed E-state index contributed by atoms with van der Waals surface area (Å²) in [5.74, 6) is -0.403. The summed E-state index contributed by atoms with van der Waals surface area (Å²) in [5, 5.41) is 0. The zero-order valence-corrected chi connectivity index (χ0v) is 16.9. The summed E-state index contributed by atoms with van der Waals surface area (Å²) in [4.78, 5) is 25.3. The molecule has 1 aliphatic rings. The Hall–Kier alpha value is -2.72. The number of hydrogen-bond acceptors (Lipinski definition) is 5. The molecule has 3 rings (SSSR count). The van der Waals surface area contributed by atoms with Crippen LogP contribution in [0.2, 0.25) is 0 Å². The molecule has 0 spiro atoms. The highest BCUT2D eigenvalue weighted by atomic mass is 32.2. The monoisotopic (exact) mass is 423 g/mol. The Kier molecular flexibility index (Phi) is 6.04. The number of likely N-dealkylation sites (tertiary alicyclic amines) is 1. The first kappa shape index (κ1) is 21.0.